The van der Waals surface area contributed by atoms with Gasteiger partial charge < -0.3 is 15.0 Å². The molecule has 4 nitrogen and oxygen atoms in total. The number of imidazole rings is 1. The predicted octanol–water partition coefficient (Wildman–Crippen LogP) is 2.84. The van der Waals surface area contributed by atoms with Crippen molar-refractivity contribution in [3.05, 3.63) is 30.1 Å². The van der Waals surface area contributed by atoms with Crippen molar-refractivity contribution in [2.45, 2.75) is 57.7 Å². The summed E-state index contributed by atoms with van der Waals surface area (Å²) < 4.78 is 2.31. The van der Waals surface area contributed by atoms with Gasteiger partial charge in [-0.15, -0.1) is 0 Å². The van der Waals surface area contributed by atoms with Crippen molar-refractivity contribution in [2.24, 2.45) is 0 Å². The van der Waals surface area contributed by atoms with E-state index in [0.717, 1.165) is 43.7 Å². The Labute approximate surface area is 126 Å². The third kappa shape index (κ3) is 2.83. The molecule has 1 aliphatic carbocycles. The van der Waals surface area contributed by atoms with E-state index in [-0.39, 0.29) is 12.1 Å². The molecule has 1 heterocycles. The minimum Gasteiger partial charge on any atom is -0.394 e. The summed E-state index contributed by atoms with van der Waals surface area (Å²) in [6, 6.07) is 8.32. The average Bonchev–Trinajstić information content (AvgIpc) is 3.12. The Morgan fingerprint density at radius 2 is 2.05 bits per heavy atom. The van der Waals surface area contributed by atoms with E-state index in [9.17, 15) is 5.11 Å². The summed E-state index contributed by atoms with van der Waals surface area (Å²) in [5.74, 6) is 1.08. The van der Waals surface area contributed by atoms with E-state index in [0.29, 0.717) is 0 Å². The van der Waals surface area contributed by atoms with E-state index >= 15 is 0 Å². The molecular formula is C17H25N3O. The number of fused-ring (bicyclic) bond motifs is 1. The van der Waals surface area contributed by atoms with E-state index in [4.69, 9.17) is 4.98 Å². The zero-order chi connectivity index (χ0) is 14.7. The van der Waals surface area contributed by atoms with Gasteiger partial charge in [0.05, 0.1) is 24.2 Å². The molecule has 1 fully saturated rings. The van der Waals surface area contributed by atoms with Crippen LogP contribution in [0.2, 0.25) is 0 Å². The maximum atomic E-state index is 9.72. The predicted molar refractivity (Wildman–Crippen MR) is 85.1 cm³/mol. The molecule has 4 heteroatoms. The molecule has 0 atom stereocenters. The molecule has 21 heavy (non-hydrogen) atoms. The SMILES string of the molecule is CCCn1c(CNC2(CO)CCCC2)nc2ccccc21. The van der Waals surface area contributed by atoms with Gasteiger partial charge in [-0.3, -0.25) is 0 Å². The molecule has 1 aliphatic rings. The number of rotatable bonds is 6. The molecule has 0 spiro atoms. The molecule has 114 valence electrons. The van der Waals surface area contributed by atoms with Gasteiger partial charge >= 0.3 is 0 Å². The van der Waals surface area contributed by atoms with Crippen LogP contribution in [0.4, 0.5) is 0 Å². The lowest BCUT2D eigenvalue weighted by Crippen LogP contribution is -2.45. The Bertz CT molecular complexity index is 599. The molecule has 1 aromatic heterocycles. The van der Waals surface area contributed by atoms with Crippen LogP contribution in [0.1, 0.15) is 44.9 Å². The van der Waals surface area contributed by atoms with Crippen LogP contribution >= 0.6 is 0 Å². The zero-order valence-corrected chi connectivity index (χ0v) is 12.8. The third-order valence-corrected chi connectivity index (χ3v) is 4.67. The molecule has 0 amide bonds. The fourth-order valence-electron chi connectivity index (χ4n) is 3.44. The highest BCUT2D eigenvalue weighted by Crippen LogP contribution is 2.29. The van der Waals surface area contributed by atoms with Crippen molar-refractivity contribution in [1.82, 2.24) is 14.9 Å². The monoisotopic (exact) mass is 287 g/mol. The number of nitrogens with zero attached hydrogens (tertiary/aromatic N) is 2. The molecule has 1 aromatic carbocycles. The first-order valence-electron chi connectivity index (χ1n) is 8.08. The first-order valence-corrected chi connectivity index (χ1v) is 8.08. The molecular weight excluding hydrogens is 262 g/mol. The molecule has 0 radical (unpaired) electrons. The largest absolute Gasteiger partial charge is 0.394 e. The van der Waals surface area contributed by atoms with Crippen molar-refractivity contribution in [1.29, 1.82) is 0 Å². The van der Waals surface area contributed by atoms with Crippen LogP contribution in [0, 0.1) is 0 Å². The summed E-state index contributed by atoms with van der Waals surface area (Å²) in [4.78, 5) is 4.78. The Kier molecular flexibility index (Phi) is 4.27. The van der Waals surface area contributed by atoms with Crippen molar-refractivity contribution < 1.29 is 5.11 Å². The van der Waals surface area contributed by atoms with Gasteiger partial charge in [-0.05, 0) is 31.4 Å². The maximum Gasteiger partial charge on any atom is 0.123 e. The number of aromatic nitrogens is 2. The van der Waals surface area contributed by atoms with Gasteiger partial charge in [0, 0.05) is 12.1 Å². The average molecular weight is 287 g/mol. The first-order chi connectivity index (χ1) is 10.3. The minimum atomic E-state index is -0.0881. The maximum absolute atomic E-state index is 9.72. The molecule has 1 saturated carbocycles. The van der Waals surface area contributed by atoms with E-state index < -0.39 is 0 Å². The smallest absolute Gasteiger partial charge is 0.123 e. The highest BCUT2D eigenvalue weighted by atomic mass is 16.3. The lowest BCUT2D eigenvalue weighted by atomic mass is 9.99. The van der Waals surface area contributed by atoms with Gasteiger partial charge in [0.15, 0.2) is 0 Å². The van der Waals surface area contributed by atoms with Crippen LogP contribution in [0.15, 0.2) is 24.3 Å². The zero-order valence-electron chi connectivity index (χ0n) is 12.8. The van der Waals surface area contributed by atoms with Crippen molar-refractivity contribution >= 4 is 11.0 Å². The minimum absolute atomic E-state index is 0.0881. The van der Waals surface area contributed by atoms with Gasteiger partial charge in [0.2, 0.25) is 0 Å². The van der Waals surface area contributed by atoms with Crippen molar-refractivity contribution in [3.8, 4) is 0 Å². The second kappa shape index (κ2) is 6.16. The number of hydrogen-bond donors (Lipinski definition) is 2. The number of hydrogen-bond acceptors (Lipinski definition) is 3. The molecule has 2 aromatic rings. The Morgan fingerprint density at radius 1 is 1.29 bits per heavy atom. The summed E-state index contributed by atoms with van der Waals surface area (Å²) in [7, 11) is 0. The van der Waals surface area contributed by atoms with Gasteiger partial charge in [0.25, 0.3) is 0 Å². The molecule has 0 aliphatic heterocycles. The van der Waals surface area contributed by atoms with Crippen molar-refractivity contribution in [3.63, 3.8) is 0 Å². The quantitative estimate of drug-likeness (QED) is 0.859. The van der Waals surface area contributed by atoms with E-state index in [2.05, 4.69) is 35.0 Å². The molecule has 3 rings (SSSR count). The van der Waals surface area contributed by atoms with Crippen LogP contribution in [0.5, 0.6) is 0 Å². The fourth-order valence-corrected chi connectivity index (χ4v) is 3.44. The van der Waals surface area contributed by atoms with Gasteiger partial charge in [0.1, 0.15) is 5.82 Å². The number of nitrogens with one attached hydrogen (secondary N) is 1. The van der Waals surface area contributed by atoms with Crippen LogP contribution in [0.3, 0.4) is 0 Å². The normalized spacial score (nSPS) is 17.6. The summed E-state index contributed by atoms with van der Waals surface area (Å²) in [5, 5.41) is 13.3. The van der Waals surface area contributed by atoms with Gasteiger partial charge in [-0.2, -0.15) is 0 Å². The molecule has 2 N–H and O–H groups in total. The lowest BCUT2D eigenvalue weighted by Gasteiger charge is -2.28. The number of para-hydroxylation sites is 2. The van der Waals surface area contributed by atoms with E-state index in [1.807, 2.05) is 6.07 Å². The Hall–Kier alpha value is -1.39. The van der Waals surface area contributed by atoms with Gasteiger partial charge in [-0.25, -0.2) is 4.98 Å². The molecule has 0 bridgehead atoms. The topological polar surface area (TPSA) is 50.1 Å². The summed E-state index contributed by atoms with van der Waals surface area (Å²) in [6.45, 7) is 4.14. The number of benzene rings is 1. The first kappa shape index (κ1) is 14.5. The lowest BCUT2D eigenvalue weighted by molar-refractivity contribution is 0.161. The van der Waals surface area contributed by atoms with Gasteiger partial charge in [-0.1, -0.05) is 31.9 Å². The summed E-state index contributed by atoms with van der Waals surface area (Å²) in [6.07, 6.45) is 5.64. The second-order valence-corrected chi connectivity index (χ2v) is 6.17. The van der Waals surface area contributed by atoms with Crippen LogP contribution in [-0.4, -0.2) is 26.8 Å². The Morgan fingerprint density at radius 3 is 2.76 bits per heavy atom. The summed E-state index contributed by atoms with van der Waals surface area (Å²) in [5.41, 5.74) is 2.18. The van der Waals surface area contributed by atoms with E-state index in [1.54, 1.807) is 0 Å². The van der Waals surface area contributed by atoms with Crippen LogP contribution in [-0.2, 0) is 13.1 Å². The number of aliphatic hydroxyl groups is 1. The van der Waals surface area contributed by atoms with Crippen molar-refractivity contribution in [2.75, 3.05) is 6.61 Å². The standard InChI is InChI=1S/C17H25N3O/c1-2-11-20-15-8-4-3-7-14(15)19-16(20)12-18-17(13-21)9-5-6-10-17/h3-4,7-8,18,21H,2,5-6,9-13H2,1H3. The molecule has 0 unspecified atom stereocenters. The van der Waals surface area contributed by atoms with Crippen LogP contribution in [0.25, 0.3) is 11.0 Å². The van der Waals surface area contributed by atoms with Crippen LogP contribution < -0.4 is 5.32 Å². The van der Waals surface area contributed by atoms with E-state index in [1.165, 1.54) is 18.4 Å². The Balaban J connectivity index is 1.84. The number of aryl methyl sites for hydroxylation is 1. The fraction of sp³-hybridized carbons (Fsp3) is 0.588. The highest BCUT2D eigenvalue weighted by Gasteiger charge is 2.32. The second-order valence-electron chi connectivity index (χ2n) is 6.17. The third-order valence-electron chi connectivity index (χ3n) is 4.67. The highest BCUT2D eigenvalue weighted by molar-refractivity contribution is 5.75. The molecule has 0 saturated heterocycles. The summed E-state index contributed by atoms with van der Waals surface area (Å²) >= 11 is 0. The number of aliphatic hydroxyl groups excluding tert-OH is 1.